The van der Waals surface area contributed by atoms with Gasteiger partial charge in [-0.1, -0.05) is 23.7 Å². The molecule has 2 heterocycles. The second-order valence-corrected chi connectivity index (χ2v) is 7.12. The molecule has 144 valence electrons. The Kier molecular flexibility index (Phi) is 7.55. The van der Waals surface area contributed by atoms with Crippen LogP contribution in [0.1, 0.15) is 24.4 Å². The number of rotatable bonds is 6. The first-order valence-electron chi connectivity index (χ1n) is 9.39. The lowest BCUT2D eigenvalue weighted by Crippen LogP contribution is -2.47. The van der Waals surface area contributed by atoms with Crippen molar-refractivity contribution in [2.24, 2.45) is 4.99 Å². The molecule has 7 heteroatoms. The van der Waals surface area contributed by atoms with Gasteiger partial charge < -0.3 is 20.1 Å². The zero-order valence-corrected chi connectivity index (χ0v) is 16.2. The Morgan fingerprint density at radius 1 is 1.23 bits per heavy atom. The maximum atomic E-state index is 6.07. The molecule has 0 bridgehead atoms. The van der Waals surface area contributed by atoms with Crippen LogP contribution in [0.5, 0.6) is 0 Å². The number of morpholine rings is 1. The molecule has 2 atom stereocenters. The molecule has 0 aliphatic carbocycles. The fourth-order valence-electron chi connectivity index (χ4n) is 3.46. The van der Waals surface area contributed by atoms with Crippen LogP contribution in [0.4, 0.5) is 0 Å². The molecule has 3 rings (SSSR count). The summed E-state index contributed by atoms with van der Waals surface area (Å²) >= 11 is 6.07. The fraction of sp³-hybridized carbons (Fsp3) is 0.632. The van der Waals surface area contributed by atoms with Crippen LogP contribution in [0.2, 0.25) is 5.02 Å². The van der Waals surface area contributed by atoms with Crippen molar-refractivity contribution in [1.82, 2.24) is 15.5 Å². The molecule has 0 saturated carbocycles. The Hall–Kier alpha value is -1.34. The van der Waals surface area contributed by atoms with E-state index in [1.165, 1.54) is 5.56 Å². The van der Waals surface area contributed by atoms with Crippen LogP contribution < -0.4 is 10.6 Å². The number of halogens is 1. The van der Waals surface area contributed by atoms with Crippen LogP contribution in [0.15, 0.2) is 29.3 Å². The van der Waals surface area contributed by atoms with Gasteiger partial charge in [-0.15, -0.1) is 0 Å². The lowest BCUT2D eigenvalue weighted by molar-refractivity contribution is 0.0170. The predicted octanol–water partition coefficient (Wildman–Crippen LogP) is 2.06. The third-order valence-electron chi connectivity index (χ3n) is 4.95. The molecule has 2 aliphatic heterocycles. The minimum atomic E-state index is 0.248. The number of aliphatic imine (C=N–C) groups is 1. The van der Waals surface area contributed by atoms with Gasteiger partial charge in [0.1, 0.15) is 0 Å². The molecule has 2 N–H and O–H groups in total. The average Bonchev–Trinajstić information content (AvgIpc) is 3.20. The van der Waals surface area contributed by atoms with E-state index < -0.39 is 0 Å². The highest BCUT2D eigenvalue weighted by Gasteiger charge is 2.23. The lowest BCUT2D eigenvalue weighted by Gasteiger charge is -2.35. The van der Waals surface area contributed by atoms with Crippen LogP contribution in [0.3, 0.4) is 0 Å². The molecular formula is C19H29ClN4O2. The highest BCUT2D eigenvalue weighted by Crippen LogP contribution is 2.23. The van der Waals surface area contributed by atoms with E-state index in [2.05, 4.69) is 32.7 Å². The summed E-state index contributed by atoms with van der Waals surface area (Å²) in [6.07, 6.45) is 2.55. The molecule has 2 saturated heterocycles. The highest BCUT2D eigenvalue weighted by atomic mass is 35.5. The van der Waals surface area contributed by atoms with Crippen LogP contribution in [-0.2, 0) is 9.47 Å². The topological polar surface area (TPSA) is 58.1 Å². The van der Waals surface area contributed by atoms with E-state index in [1.807, 2.05) is 12.1 Å². The van der Waals surface area contributed by atoms with E-state index >= 15 is 0 Å². The van der Waals surface area contributed by atoms with Crippen LogP contribution in [0, 0.1) is 0 Å². The molecule has 1 aromatic rings. The first kappa shape index (κ1) is 19.4. The van der Waals surface area contributed by atoms with E-state index in [-0.39, 0.29) is 6.04 Å². The second-order valence-electron chi connectivity index (χ2n) is 6.68. The number of guanidine groups is 1. The molecule has 0 radical (unpaired) electrons. The Morgan fingerprint density at radius 3 is 2.65 bits per heavy atom. The normalized spacial score (nSPS) is 23.0. The zero-order chi connectivity index (χ0) is 18.2. The maximum Gasteiger partial charge on any atom is 0.191 e. The number of hydrogen-bond acceptors (Lipinski definition) is 4. The van der Waals surface area contributed by atoms with Crippen molar-refractivity contribution >= 4 is 17.6 Å². The van der Waals surface area contributed by atoms with Crippen LogP contribution in [0.25, 0.3) is 0 Å². The second kappa shape index (κ2) is 10.1. The molecule has 2 aliphatic rings. The summed E-state index contributed by atoms with van der Waals surface area (Å²) in [5.41, 5.74) is 1.25. The van der Waals surface area contributed by atoms with E-state index in [0.29, 0.717) is 6.10 Å². The maximum absolute atomic E-state index is 6.07. The summed E-state index contributed by atoms with van der Waals surface area (Å²) in [6.45, 7) is 5.84. The van der Waals surface area contributed by atoms with Gasteiger partial charge in [0.2, 0.25) is 0 Å². The summed E-state index contributed by atoms with van der Waals surface area (Å²) in [5, 5.41) is 7.61. The van der Waals surface area contributed by atoms with Gasteiger partial charge in [0.25, 0.3) is 0 Å². The number of nitrogens with one attached hydrogen (secondary N) is 2. The summed E-state index contributed by atoms with van der Waals surface area (Å²) in [5.74, 6) is 0.813. The summed E-state index contributed by atoms with van der Waals surface area (Å²) in [4.78, 5) is 6.80. The zero-order valence-electron chi connectivity index (χ0n) is 15.4. The summed E-state index contributed by atoms with van der Waals surface area (Å²) in [7, 11) is 1.80. The molecule has 0 amide bonds. The molecule has 1 aromatic carbocycles. The number of ether oxygens (including phenoxy) is 2. The van der Waals surface area contributed by atoms with E-state index in [9.17, 15) is 0 Å². The smallest absolute Gasteiger partial charge is 0.191 e. The average molecular weight is 381 g/mol. The molecule has 6 nitrogen and oxygen atoms in total. The van der Waals surface area contributed by atoms with Crippen molar-refractivity contribution in [1.29, 1.82) is 0 Å². The van der Waals surface area contributed by atoms with Gasteiger partial charge in [-0.2, -0.15) is 0 Å². The molecule has 2 fully saturated rings. The van der Waals surface area contributed by atoms with Gasteiger partial charge in [-0.25, -0.2) is 0 Å². The number of nitrogens with zero attached hydrogens (tertiary/aromatic N) is 2. The van der Waals surface area contributed by atoms with Crippen molar-refractivity contribution in [3.05, 3.63) is 34.9 Å². The molecular weight excluding hydrogens is 352 g/mol. The minimum absolute atomic E-state index is 0.248. The largest absolute Gasteiger partial charge is 0.379 e. The molecule has 0 spiro atoms. The first-order valence-corrected chi connectivity index (χ1v) is 9.77. The van der Waals surface area contributed by atoms with Gasteiger partial charge in [0, 0.05) is 44.9 Å². The lowest BCUT2D eigenvalue weighted by atomic mass is 10.0. The minimum Gasteiger partial charge on any atom is -0.379 e. The molecule has 26 heavy (non-hydrogen) atoms. The van der Waals surface area contributed by atoms with E-state index in [1.54, 1.807) is 7.05 Å². The van der Waals surface area contributed by atoms with Crippen LogP contribution in [-0.4, -0.2) is 70.0 Å². The van der Waals surface area contributed by atoms with Crippen LogP contribution >= 0.6 is 11.6 Å². The number of hydrogen-bond donors (Lipinski definition) is 2. The van der Waals surface area contributed by atoms with Crippen molar-refractivity contribution < 1.29 is 9.47 Å². The van der Waals surface area contributed by atoms with E-state index in [4.69, 9.17) is 21.1 Å². The monoisotopic (exact) mass is 380 g/mol. The van der Waals surface area contributed by atoms with Gasteiger partial charge >= 0.3 is 0 Å². The van der Waals surface area contributed by atoms with Gasteiger partial charge in [-0.3, -0.25) is 9.89 Å². The Bertz CT molecular complexity index is 569. The fourth-order valence-corrected chi connectivity index (χ4v) is 3.59. The van der Waals surface area contributed by atoms with Gasteiger partial charge in [-0.05, 0) is 30.5 Å². The van der Waals surface area contributed by atoms with Crippen molar-refractivity contribution in [3.8, 4) is 0 Å². The predicted molar refractivity (Wildman–Crippen MR) is 105 cm³/mol. The van der Waals surface area contributed by atoms with E-state index in [0.717, 1.165) is 69.8 Å². The summed E-state index contributed by atoms with van der Waals surface area (Å²) in [6, 6.07) is 8.36. The third kappa shape index (κ3) is 5.58. The number of benzene rings is 1. The highest BCUT2D eigenvalue weighted by molar-refractivity contribution is 6.30. The van der Waals surface area contributed by atoms with Crippen molar-refractivity contribution in [2.75, 3.05) is 53.0 Å². The first-order chi connectivity index (χ1) is 12.8. The van der Waals surface area contributed by atoms with Gasteiger partial charge in [0.05, 0.1) is 25.4 Å². The Morgan fingerprint density at radius 2 is 2.00 bits per heavy atom. The standard InChI is InChI=1S/C19H29ClN4O2/c1-21-19(22-13-17-3-2-10-26-17)23-14-18(24-8-11-25-12-9-24)15-4-6-16(20)7-5-15/h4-7,17-18H,2-3,8-14H2,1H3,(H2,21,22,23). The van der Waals surface area contributed by atoms with Crippen molar-refractivity contribution in [2.45, 2.75) is 25.0 Å². The third-order valence-corrected chi connectivity index (χ3v) is 5.20. The van der Waals surface area contributed by atoms with Crippen molar-refractivity contribution in [3.63, 3.8) is 0 Å². The quantitative estimate of drug-likeness (QED) is 0.584. The Balaban J connectivity index is 1.59. The Labute approximate surface area is 160 Å². The molecule has 0 aromatic heterocycles. The SMILES string of the molecule is CN=C(NCC1CCCO1)NCC(c1ccc(Cl)cc1)N1CCOCC1. The summed E-state index contributed by atoms with van der Waals surface area (Å²) < 4.78 is 11.2. The van der Waals surface area contributed by atoms with Gasteiger partial charge in [0.15, 0.2) is 5.96 Å². The molecule has 2 unspecified atom stereocenters.